The van der Waals surface area contributed by atoms with Gasteiger partial charge < -0.3 is 9.47 Å². The van der Waals surface area contributed by atoms with Crippen molar-refractivity contribution in [3.05, 3.63) is 64.2 Å². The SMILES string of the molecule is COc1ccc2nc(NC(=O)COC(=O)/C=C/c3ccc([N+](=O)[O-])cc3)sc2c1. The lowest BCUT2D eigenvalue weighted by Gasteiger charge is -2.02. The number of hydrogen-bond acceptors (Lipinski definition) is 8. The van der Waals surface area contributed by atoms with Gasteiger partial charge >= 0.3 is 5.97 Å². The molecule has 0 aliphatic heterocycles. The second-order valence-electron chi connectivity index (χ2n) is 5.69. The summed E-state index contributed by atoms with van der Waals surface area (Å²) in [6.07, 6.45) is 2.57. The Morgan fingerprint density at radius 1 is 1.24 bits per heavy atom. The monoisotopic (exact) mass is 413 g/mol. The molecule has 2 aromatic carbocycles. The van der Waals surface area contributed by atoms with E-state index in [0.29, 0.717) is 22.0 Å². The van der Waals surface area contributed by atoms with Crippen molar-refractivity contribution in [3.63, 3.8) is 0 Å². The lowest BCUT2D eigenvalue weighted by molar-refractivity contribution is -0.384. The van der Waals surface area contributed by atoms with Crippen LogP contribution in [-0.2, 0) is 14.3 Å². The molecule has 1 N–H and O–H groups in total. The maximum absolute atomic E-state index is 12.0. The van der Waals surface area contributed by atoms with E-state index in [1.807, 2.05) is 6.07 Å². The molecule has 0 bridgehead atoms. The van der Waals surface area contributed by atoms with Gasteiger partial charge in [0.1, 0.15) is 5.75 Å². The number of methoxy groups -OCH3 is 1. The van der Waals surface area contributed by atoms with Crippen LogP contribution in [0.1, 0.15) is 5.56 Å². The highest BCUT2D eigenvalue weighted by Gasteiger charge is 2.10. The molecule has 0 aliphatic carbocycles. The summed E-state index contributed by atoms with van der Waals surface area (Å²) in [5.41, 5.74) is 1.26. The average molecular weight is 413 g/mol. The van der Waals surface area contributed by atoms with E-state index < -0.39 is 23.4 Å². The number of esters is 1. The smallest absolute Gasteiger partial charge is 0.331 e. The van der Waals surface area contributed by atoms with Crippen molar-refractivity contribution in [2.75, 3.05) is 19.0 Å². The Hall–Kier alpha value is -3.79. The zero-order valence-corrected chi connectivity index (χ0v) is 16.0. The Bertz CT molecular complexity index is 1090. The molecule has 29 heavy (non-hydrogen) atoms. The number of fused-ring (bicyclic) bond motifs is 1. The molecule has 10 heteroatoms. The summed E-state index contributed by atoms with van der Waals surface area (Å²) in [6, 6.07) is 11.0. The minimum Gasteiger partial charge on any atom is -0.497 e. The second-order valence-corrected chi connectivity index (χ2v) is 6.72. The minimum absolute atomic E-state index is 0.0466. The number of hydrogen-bond donors (Lipinski definition) is 1. The van der Waals surface area contributed by atoms with Gasteiger partial charge in [0, 0.05) is 18.2 Å². The molecule has 3 aromatic rings. The van der Waals surface area contributed by atoms with Crippen LogP contribution in [0.25, 0.3) is 16.3 Å². The Balaban J connectivity index is 1.50. The van der Waals surface area contributed by atoms with Crippen molar-refractivity contribution in [3.8, 4) is 5.75 Å². The first kappa shape index (κ1) is 20.0. The number of aromatic nitrogens is 1. The zero-order valence-electron chi connectivity index (χ0n) is 15.2. The Kier molecular flexibility index (Phi) is 6.15. The third kappa shape index (κ3) is 5.36. The van der Waals surface area contributed by atoms with Gasteiger partial charge in [0.05, 0.1) is 22.2 Å². The topological polar surface area (TPSA) is 121 Å². The molecule has 1 aromatic heterocycles. The highest BCUT2D eigenvalue weighted by molar-refractivity contribution is 7.22. The van der Waals surface area contributed by atoms with Crippen molar-refractivity contribution < 1.29 is 24.0 Å². The highest BCUT2D eigenvalue weighted by Crippen LogP contribution is 2.29. The second kappa shape index (κ2) is 8.93. The summed E-state index contributed by atoms with van der Waals surface area (Å²) in [5.74, 6) is -0.548. The van der Waals surface area contributed by atoms with Crippen LogP contribution in [-0.4, -0.2) is 35.5 Å². The lowest BCUT2D eigenvalue weighted by atomic mass is 10.2. The number of nitrogens with zero attached hydrogens (tertiary/aromatic N) is 2. The molecule has 0 atom stereocenters. The van der Waals surface area contributed by atoms with Crippen molar-refractivity contribution in [2.45, 2.75) is 0 Å². The summed E-state index contributed by atoms with van der Waals surface area (Å²) in [4.78, 5) is 38.1. The van der Waals surface area contributed by atoms with Crippen LogP contribution in [0.2, 0.25) is 0 Å². The lowest BCUT2D eigenvalue weighted by Crippen LogP contribution is -2.19. The molecular weight excluding hydrogens is 398 g/mol. The van der Waals surface area contributed by atoms with E-state index in [-0.39, 0.29) is 5.69 Å². The molecule has 3 rings (SSSR count). The van der Waals surface area contributed by atoms with Crippen LogP contribution in [0.5, 0.6) is 5.75 Å². The predicted octanol–water partition coefficient (Wildman–Crippen LogP) is 3.41. The molecule has 0 saturated heterocycles. The number of carbonyl (C=O) groups is 2. The number of nitro benzene ring substituents is 1. The fraction of sp³-hybridized carbons (Fsp3) is 0.105. The zero-order chi connectivity index (χ0) is 20.8. The number of carbonyl (C=O) groups excluding carboxylic acids is 2. The van der Waals surface area contributed by atoms with Gasteiger partial charge in [-0.2, -0.15) is 0 Å². The highest BCUT2D eigenvalue weighted by atomic mass is 32.1. The van der Waals surface area contributed by atoms with E-state index in [1.165, 1.54) is 41.7 Å². The molecule has 1 heterocycles. The first-order valence-electron chi connectivity index (χ1n) is 8.28. The van der Waals surface area contributed by atoms with Crippen molar-refractivity contribution in [1.82, 2.24) is 4.98 Å². The van der Waals surface area contributed by atoms with Crippen LogP contribution in [0.15, 0.2) is 48.5 Å². The fourth-order valence-corrected chi connectivity index (χ4v) is 3.21. The van der Waals surface area contributed by atoms with E-state index in [1.54, 1.807) is 19.2 Å². The maximum Gasteiger partial charge on any atom is 0.331 e. The quantitative estimate of drug-likeness (QED) is 0.273. The van der Waals surface area contributed by atoms with Gasteiger partial charge in [-0.05, 0) is 42.0 Å². The number of ether oxygens (including phenoxy) is 2. The molecule has 9 nitrogen and oxygen atoms in total. The van der Waals surface area contributed by atoms with Gasteiger partial charge in [-0.15, -0.1) is 0 Å². The molecule has 0 aliphatic rings. The summed E-state index contributed by atoms with van der Waals surface area (Å²) < 4.78 is 10.9. The Labute approximate surface area is 168 Å². The van der Waals surface area contributed by atoms with Gasteiger partial charge in [-0.25, -0.2) is 9.78 Å². The number of rotatable bonds is 7. The van der Waals surface area contributed by atoms with Crippen molar-refractivity contribution >= 4 is 50.3 Å². The van der Waals surface area contributed by atoms with E-state index in [4.69, 9.17) is 9.47 Å². The Morgan fingerprint density at radius 2 is 2.00 bits per heavy atom. The van der Waals surface area contributed by atoms with Gasteiger partial charge in [0.15, 0.2) is 11.7 Å². The molecule has 0 radical (unpaired) electrons. The molecule has 0 unspecified atom stereocenters. The third-order valence-electron chi connectivity index (χ3n) is 3.70. The molecular formula is C19H15N3O6S. The van der Waals surface area contributed by atoms with Crippen LogP contribution < -0.4 is 10.1 Å². The van der Waals surface area contributed by atoms with E-state index in [2.05, 4.69) is 10.3 Å². The molecule has 148 valence electrons. The van der Waals surface area contributed by atoms with Crippen LogP contribution in [0.3, 0.4) is 0 Å². The van der Waals surface area contributed by atoms with Gasteiger partial charge in [-0.3, -0.25) is 20.2 Å². The number of nitrogens with one attached hydrogen (secondary N) is 1. The summed E-state index contributed by atoms with van der Waals surface area (Å²) in [5, 5.41) is 13.6. The average Bonchev–Trinajstić information content (AvgIpc) is 3.12. The van der Waals surface area contributed by atoms with Gasteiger partial charge in [-0.1, -0.05) is 11.3 Å². The van der Waals surface area contributed by atoms with Gasteiger partial charge in [0.2, 0.25) is 0 Å². The summed E-state index contributed by atoms with van der Waals surface area (Å²) >= 11 is 1.27. The number of anilines is 1. The first-order chi connectivity index (χ1) is 13.9. The molecule has 0 saturated carbocycles. The van der Waals surface area contributed by atoms with E-state index in [9.17, 15) is 19.7 Å². The molecule has 0 spiro atoms. The Morgan fingerprint density at radius 3 is 2.69 bits per heavy atom. The van der Waals surface area contributed by atoms with Gasteiger partial charge in [0.25, 0.3) is 11.6 Å². The number of non-ortho nitro benzene ring substituents is 1. The predicted molar refractivity (Wildman–Crippen MR) is 108 cm³/mol. The minimum atomic E-state index is -0.715. The largest absolute Gasteiger partial charge is 0.497 e. The van der Waals surface area contributed by atoms with Crippen LogP contribution in [0, 0.1) is 10.1 Å². The first-order valence-corrected chi connectivity index (χ1v) is 9.10. The fourth-order valence-electron chi connectivity index (χ4n) is 2.30. The van der Waals surface area contributed by atoms with E-state index >= 15 is 0 Å². The third-order valence-corrected chi connectivity index (χ3v) is 4.64. The number of amides is 1. The maximum atomic E-state index is 12.0. The normalized spacial score (nSPS) is 10.8. The number of benzene rings is 2. The van der Waals surface area contributed by atoms with E-state index in [0.717, 1.165) is 10.8 Å². The number of nitro groups is 1. The standard InChI is InChI=1S/C19H15N3O6S/c1-27-14-7-8-15-16(10-14)29-19(20-15)21-17(23)11-28-18(24)9-4-12-2-5-13(6-3-12)22(25)26/h2-10H,11H2,1H3,(H,20,21,23)/b9-4+. The van der Waals surface area contributed by atoms with Crippen LogP contribution in [0.4, 0.5) is 10.8 Å². The van der Waals surface area contributed by atoms with Crippen molar-refractivity contribution in [2.24, 2.45) is 0 Å². The summed E-state index contributed by atoms with van der Waals surface area (Å²) in [6.45, 7) is -0.470. The summed E-state index contributed by atoms with van der Waals surface area (Å²) in [7, 11) is 1.56. The molecule has 1 amide bonds. The molecule has 0 fully saturated rings. The number of thiazole rings is 1. The van der Waals surface area contributed by atoms with Crippen molar-refractivity contribution in [1.29, 1.82) is 0 Å². The van der Waals surface area contributed by atoms with Crippen LogP contribution >= 0.6 is 11.3 Å².